The smallest absolute Gasteiger partial charge is 0.278 e. The van der Waals surface area contributed by atoms with Gasteiger partial charge in [0.25, 0.3) is 11.4 Å². The minimum absolute atomic E-state index is 0.00476. The van der Waals surface area contributed by atoms with Crippen LogP contribution in [0.4, 0.5) is 17.1 Å². The molecule has 0 aliphatic heterocycles. The minimum Gasteiger partial charge on any atom is -0.278 e. The van der Waals surface area contributed by atoms with Crippen molar-refractivity contribution in [1.82, 2.24) is 0 Å². The van der Waals surface area contributed by atoms with Crippen LogP contribution >= 0.6 is 11.8 Å². The molecule has 1 N–H and O–H groups in total. The molecule has 0 aliphatic carbocycles. The van der Waals surface area contributed by atoms with E-state index < -0.39 is 9.85 Å². The summed E-state index contributed by atoms with van der Waals surface area (Å²) in [5.74, 6) is 0. The first-order valence-corrected chi connectivity index (χ1v) is 9.30. The Balaban J connectivity index is 1.73. The largest absolute Gasteiger partial charge is 0.283 e. The zero-order chi connectivity index (χ0) is 20.8. The van der Waals surface area contributed by atoms with E-state index in [0.717, 1.165) is 10.5 Å². The lowest BCUT2D eigenvalue weighted by Crippen LogP contribution is -1.95. The van der Waals surface area contributed by atoms with Gasteiger partial charge in [0.15, 0.2) is 0 Å². The number of aryl methyl sites for hydroxylation is 1. The number of nitro groups is 2. The van der Waals surface area contributed by atoms with Crippen LogP contribution in [0.2, 0.25) is 0 Å². The molecule has 0 fully saturated rings. The van der Waals surface area contributed by atoms with Gasteiger partial charge in [0.1, 0.15) is 0 Å². The van der Waals surface area contributed by atoms with Gasteiger partial charge in [-0.2, -0.15) is 5.10 Å². The molecule has 0 saturated carbocycles. The monoisotopic (exact) mass is 408 g/mol. The molecule has 8 nitrogen and oxygen atoms in total. The molecule has 0 spiro atoms. The van der Waals surface area contributed by atoms with E-state index in [1.165, 1.54) is 48.3 Å². The lowest BCUT2D eigenvalue weighted by atomic mass is 10.2. The predicted molar refractivity (Wildman–Crippen MR) is 113 cm³/mol. The fourth-order valence-corrected chi connectivity index (χ4v) is 3.32. The van der Waals surface area contributed by atoms with Crippen molar-refractivity contribution >= 4 is 35.0 Å². The Hall–Kier alpha value is -3.72. The number of nitro benzene ring substituents is 2. The average Bonchev–Trinajstić information content (AvgIpc) is 2.71. The predicted octanol–water partition coefficient (Wildman–Crippen LogP) is 5.41. The third kappa shape index (κ3) is 5.39. The number of nitrogens with zero attached hydrogens (tertiary/aromatic N) is 3. The topological polar surface area (TPSA) is 111 Å². The summed E-state index contributed by atoms with van der Waals surface area (Å²) >= 11 is 1.33. The summed E-state index contributed by atoms with van der Waals surface area (Å²) in [5, 5.41) is 26.2. The Labute approximate surface area is 170 Å². The van der Waals surface area contributed by atoms with Crippen molar-refractivity contribution < 1.29 is 9.85 Å². The van der Waals surface area contributed by atoms with Gasteiger partial charge < -0.3 is 0 Å². The highest BCUT2D eigenvalue weighted by molar-refractivity contribution is 7.99. The molecule has 0 heterocycles. The van der Waals surface area contributed by atoms with Gasteiger partial charge in [-0.05, 0) is 37.3 Å². The highest BCUT2D eigenvalue weighted by Crippen LogP contribution is 2.35. The minimum atomic E-state index is -0.484. The van der Waals surface area contributed by atoms with Gasteiger partial charge in [0, 0.05) is 28.7 Å². The fraction of sp³-hybridized carbons (Fsp3) is 0.0500. The maximum absolute atomic E-state index is 11.5. The lowest BCUT2D eigenvalue weighted by molar-refractivity contribution is -0.387. The molecule has 0 aromatic heterocycles. The standard InChI is InChI=1S/C20H16N4O4S/c1-14-2-9-18(10-3-14)29-20-11-4-15(12-19(20)24(27)28)13-21-22-16-5-7-17(8-6-16)23(25)26/h2-13,22H,1H3. The number of nitrogens with one attached hydrogen (secondary N) is 1. The van der Waals surface area contributed by atoms with Gasteiger partial charge in [-0.25, -0.2) is 0 Å². The highest BCUT2D eigenvalue weighted by atomic mass is 32.2. The summed E-state index contributed by atoms with van der Waals surface area (Å²) in [6, 6.07) is 18.4. The van der Waals surface area contributed by atoms with Crippen molar-refractivity contribution in [2.45, 2.75) is 16.7 Å². The van der Waals surface area contributed by atoms with E-state index in [9.17, 15) is 20.2 Å². The second-order valence-corrected chi connectivity index (χ2v) is 7.19. The maximum Gasteiger partial charge on any atom is 0.283 e. The van der Waals surface area contributed by atoms with Crippen LogP contribution in [-0.4, -0.2) is 16.1 Å². The van der Waals surface area contributed by atoms with Crippen molar-refractivity contribution in [3.05, 3.63) is 98.1 Å². The zero-order valence-corrected chi connectivity index (χ0v) is 16.1. The van der Waals surface area contributed by atoms with Crippen LogP contribution in [-0.2, 0) is 0 Å². The summed E-state index contributed by atoms with van der Waals surface area (Å²) in [4.78, 5) is 22.7. The van der Waals surface area contributed by atoms with Crippen molar-refractivity contribution in [2.24, 2.45) is 5.10 Å². The van der Waals surface area contributed by atoms with Crippen LogP contribution in [0, 0.1) is 27.2 Å². The van der Waals surface area contributed by atoms with E-state index >= 15 is 0 Å². The molecular weight excluding hydrogens is 392 g/mol. The van der Waals surface area contributed by atoms with Crippen LogP contribution in [0.15, 0.2) is 81.6 Å². The van der Waals surface area contributed by atoms with Gasteiger partial charge >= 0.3 is 0 Å². The molecule has 3 aromatic carbocycles. The first-order chi connectivity index (χ1) is 13.9. The summed E-state index contributed by atoms with van der Waals surface area (Å²) in [5.41, 5.74) is 4.96. The second kappa shape index (κ2) is 8.98. The third-order valence-corrected chi connectivity index (χ3v) is 4.99. The van der Waals surface area contributed by atoms with Gasteiger partial charge in [-0.3, -0.25) is 25.7 Å². The van der Waals surface area contributed by atoms with Crippen molar-refractivity contribution in [3.8, 4) is 0 Å². The Morgan fingerprint density at radius 3 is 2.24 bits per heavy atom. The first-order valence-electron chi connectivity index (χ1n) is 8.49. The molecule has 0 bridgehead atoms. The average molecular weight is 408 g/mol. The first kappa shape index (κ1) is 20.0. The molecule has 146 valence electrons. The van der Waals surface area contributed by atoms with Gasteiger partial charge in [-0.1, -0.05) is 35.5 Å². The Kier molecular flexibility index (Phi) is 6.20. The fourth-order valence-electron chi connectivity index (χ4n) is 2.42. The van der Waals surface area contributed by atoms with Gasteiger partial charge in [-0.15, -0.1) is 0 Å². The Morgan fingerprint density at radius 2 is 1.62 bits per heavy atom. The number of hydrazone groups is 1. The van der Waals surface area contributed by atoms with Crippen LogP contribution < -0.4 is 5.43 Å². The van der Waals surface area contributed by atoms with Crippen LogP contribution in [0.5, 0.6) is 0 Å². The summed E-state index contributed by atoms with van der Waals surface area (Å²) in [7, 11) is 0. The van der Waals surface area contributed by atoms with Crippen LogP contribution in [0.1, 0.15) is 11.1 Å². The molecule has 3 aromatic rings. The summed E-state index contributed by atoms with van der Waals surface area (Å²) in [6.45, 7) is 1.98. The van der Waals surface area contributed by atoms with E-state index in [0.29, 0.717) is 16.1 Å². The van der Waals surface area contributed by atoms with E-state index in [1.54, 1.807) is 12.1 Å². The molecule has 0 amide bonds. The molecular formula is C20H16N4O4S. The normalized spacial score (nSPS) is 10.8. The molecule has 0 aliphatic rings. The number of benzene rings is 3. The molecule has 0 saturated heterocycles. The zero-order valence-electron chi connectivity index (χ0n) is 15.3. The molecule has 0 unspecified atom stereocenters. The van der Waals surface area contributed by atoms with E-state index in [4.69, 9.17) is 0 Å². The third-order valence-electron chi connectivity index (χ3n) is 3.91. The Morgan fingerprint density at radius 1 is 0.931 bits per heavy atom. The molecule has 0 radical (unpaired) electrons. The van der Waals surface area contributed by atoms with E-state index in [-0.39, 0.29) is 11.4 Å². The quantitative estimate of drug-likeness (QED) is 0.318. The van der Waals surface area contributed by atoms with Gasteiger partial charge in [0.05, 0.1) is 26.6 Å². The second-order valence-electron chi connectivity index (χ2n) is 6.07. The van der Waals surface area contributed by atoms with E-state index in [2.05, 4.69) is 10.5 Å². The van der Waals surface area contributed by atoms with Crippen molar-refractivity contribution in [3.63, 3.8) is 0 Å². The summed E-state index contributed by atoms with van der Waals surface area (Å²) in [6.07, 6.45) is 1.45. The lowest BCUT2D eigenvalue weighted by Gasteiger charge is -2.05. The molecule has 29 heavy (non-hydrogen) atoms. The van der Waals surface area contributed by atoms with Crippen molar-refractivity contribution in [1.29, 1.82) is 0 Å². The van der Waals surface area contributed by atoms with Crippen LogP contribution in [0.25, 0.3) is 0 Å². The molecule has 0 atom stereocenters. The molecule has 9 heteroatoms. The summed E-state index contributed by atoms with van der Waals surface area (Å²) < 4.78 is 0. The Bertz CT molecular complexity index is 1070. The maximum atomic E-state index is 11.5. The number of hydrogen-bond donors (Lipinski definition) is 1. The van der Waals surface area contributed by atoms with Crippen LogP contribution in [0.3, 0.4) is 0 Å². The van der Waals surface area contributed by atoms with Crippen molar-refractivity contribution in [2.75, 3.05) is 5.43 Å². The number of non-ortho nitro benzene ring substituents is 1. The number of hydrogen-bond acceptors (Lipinski definition) is 7. The number of anilines is 1. The number of rotatable bonds is 7. The SMILES string of the molecule is Cc1ccc(Sc2ccc(C=NNc3ccc([N+](=O)[O-])cc3)cc2[N+](=O)[O-])cc1. The van der Waals surface area contributed by atoms with Gasteiger partial charge in [0.2, 0.25) is 0 Å². The molecule has 3 rings (SSSR count). The van der Waals surface area contributed by atoms with E-state index in [1.807, 2.05) is 31.2 Å². The highest BCUT2D eigenvalue weighted by Gasteiger charge is 2.15.